The third-order valence-electron chi connectivity index (χ3n) is 2.99. The Morgan fingerprint density at radius 2 is 2.25 bits per heavy atom. The van der Waals surface area contributed by atoms with Gasteiger partial charge in [-0.3, -0.25) is 0 Å². The zero-order valence-electron chi connectivity index (χ0n) is 11.5. The average Bonchev–Trinajstić information content (AvgIpc) is 3.14. The van der Waals surface area contributed by atoms with Crippen LogP contribution in [0.25, 0.3) is 5.95 Å². The third-order valence-corrected chi connectivity index (χ3v) is 2.99. The van der Waals surface area contributed by atoms with E-state index in [-0.39, 0.29) is 0 Å². The van der Waals surface area contributed by atoms with E-state index >= 15 is 0 Å². The lowest BCUT2D eigenvalue weighted by molar-refractivity contribution is 0.275. The maximum atomic E-state index is 5.65. The monoisotopic (exact) mass is 274 g/mol. The largest absolute Gasteiger partial charge is 0.463 e. The lowest BCUT2D eigenvalue weighted by atomic mass is 10.5. The minimum Gasteiger partial charge on any atom is -0.463 e. The molecule has 1 saturated carbocycles. The van der Waals surface area contributed by atoms with Crippen molar-refractivity contribution in [3.05, 3.63) is 18.5 Å². The first kappa shape index (κ1) is 12.8. The molecule has 0 spiro atoms. The highest BCUT2D eigenvalue weighted by Crippen LogP contribution is 2.29. The minimum absolute atomic E-state index is 0.357. The van der Waals surface area contributed by atoms with Crippen LogP contribution in [0, 0.1) is 5.92 Å². The van der Waals surface area contributed by atoms with Crippen molar-refractivity contribution in [3.8, 4) is 12.0 Å². The van der Waals surface area contributed by atoms with Gasteiger partial charge in [0.15, 0.2) is 0 Å². The Balaban J connectivity index is 1.81. The van der Waals surface area contributed by atoms with Crippen LogP contribution in [0.5, 0.6) is 6.01 Å². The van der Waals surface area contributed by atoms with E-state index in [1.165, 1.54) is 12.8 Å². The van der Waals surface area contributed by atoms with Crippen LogP contribution in [0.1, 0.15) is 26.2 Å². The van der Waals surface area contributed by atoms with Gasteiger partial charge >= 0.3 is 6.01 Å². The summed E-state index contributed by atoms with van der Waals surface area (Å²) in [6.07, 6.45) is 6.95. The normalized spacial score (nSPS) is 14.2. The van der Waals surface area contributed by atoms with Crippen molar-refractivity contribution in [2.75, 3.05) is 18.5 Å². The van der Waals surface area contributed by atoms with Gasteiger partial charge in [0.1, 0.15) is 0 Å². The number of anilines is 1. The van der Waals surface area contributed by atoms with Gasteiger partial charge in [-0.05, 0) is 31.2 Å². The van der Waals surface area contributed by atoms with Crippen LogP contribution in [-0.4, -0.2) is 37.9 Å². The smallest absolute Gasteiger partial charge is 0.323 e. The molecule has 0 bridgehead atoms. The molecule has 2 heterocycles. The molecule has 0 radical (unpaired) electrons. The summed E-state index contributed by atoms with van der Waals surface area (Å²) in [7, 11) is 0. The van der Waals surface area contributed by atoms with E-state index in [0.717, 1.165) is 13.0 Å². The van der Waals surface area contributed by atoms with Gasteiger partial charge < -0.3 is 10.1 Å². The van der Waals surface area contributed by atoms with Gasteiger partial charge in [-0.25, -0.2) is 4.68 Å². The predicted molar refractivity (Wildman–Crippen MR) is 73.9 cm³/mol. The molecule has 1 aliphatic rings. The first-order valence-corrected chi connectivity index (χ1v) is 6.98. The van der Waals surface area contributed by atoms with Crippen molar-refractivity contribution in [1.29, 1.82) is 0 Å². The summed E-state index contributed by atoms with van der Waals surface area (Å²) >= 11 is 0. The van der Waals surface area contributed by atoms with Crippen molar-refractivity contribution in [1.82, 2.24) is 24.7 Å². The van der Waals surface area contributed by atoms with Crippen LogP contribution in [0.4, 0.5) is 5.95 Å². The molecule has 0 saturated heterocycles. The van der Waals surface area contributed by atoms with Gasteiger partial charge in [0.25, 0.3) is 5.95 Å². The second-order valence-electron chi connectivity index (χ2n) is 4.87. The van der Waals surface area contributed by atoms with E-state index < -0.39 is 0 Å². The Bertz CT molecular complexity index is 552. The lowest BCUT2D eigenvalue weighted by Gasteiger charge is -2.08. The topological polar surface area (TPSA) is 77.8 Å². The van der Waals surface area contributed by atoms with Crippen molar-refractivity contribution >= 4 is 5.95 Å². The number of nitrogens with one attached hydrogen (secondary N) is 1. The first-order chi connectivity index (χ1) is 9.85. The van der Waals surface area contributed by atoms with Gasteiger partial charge in [-0.15, -0.1) is 0 Å². The Hall–Kier alpha value is -2.18. The zero-order valence-corrected chi connectivity index (χ0v) is 11.5. The fourth-order valence-corrected chi connectivity index (χ4v) is 1.69. The fraction of sp³-hybridized carbons (Fsp3) is 0.538. The Kier molecular flexibility index (Phi) is 3.76. The molecule has 0 aliphatic heterocycles. The Morgan fingerprint density at radius 3 is 2.95 bits per heavy atom. The van der Waals surface area contributed by atoms with Gasteiger partial charge in [-0.1, -0.05) is 6.92 Å². The summed E-state index contributed by atoms with van der Waals surface area (Å²) in [5.41, 5.74) is 0. The van der Waals surface area contributed by atoms with E-state index in [0.29, 0.717) is 30.4 Å². The number of aromatic nitrogens is 5. The number of nitrogens with zero attached hydrogens (tertiary/aromatic N) is 5. The van der Waals surface area contributed by atoms with Crippen LogP contribution < -0.4 is 10.1 Å². The summed E-state index contributed by atoms with van der Waals surface area (Å²) in [6.45, 7) is 3.58. The number of hydrogen-bond acceptors (Lipinski definition) is 6. The summed E-state index contributed by atoms with van der Waals surface area (Å²) in [6, 6.07) is 2.18. The van der Waals surface area contributed by atoms with Crippen LogP contribution in [-0.2, 0) is 0 Å². The molecule has 0 aromatic carbocycles. The molecule has 7 nitrogen and oxygen atoms in total. The molecule has 20 heavy (non-hydrogen) atoms. The Labute approximate surface area is 117 Å². The minimum atomic E-state index is 0.357. The second-order valence-corrected chi connectivity index (χ2v) is 4.87. The molecule has 2 aromatic rings. The van der Waals surface area contributed by atoms with Gasteiger partial charge in [0.05, 0.1) is 6.61 Å². The molecule has 7 heteroatoms. The van der Waals surface area contributed by atoms with Crippen molar-refractivity contribution in [3.63, 3.8) is 0 Å². The van der Waals surface area contributed by atoms with Gasteiger partial charge in [0, 0.05) is 18.9 Å². The van der Waals surface area contributed by atoms with Gasteiger partial charge in [0.2, 0.25) is 5.95 Å². The van der Waals surface area contributed by atoms with Gasteiger partial charge in [-0.2, -0.15) is 20.1 Å². The summed E-state index contributed by atoms with van der Waals surface area (Å²) in [4.78, 5) is 12.9. The first-order valence-electron chi connectivity index (χ1n) is 6.98. The number of hydrogen-bond donors (Lipinski definition) is 1. The summed E-state index contributed by atoms with van der Waals surface area (Å²) in [5, 5.41) is 7.29. The molecule has 1 fully saturated rings. The molecule has 106 valence electrons. The molecule has 1 aliphatic carbocycles. The standard InChI is InChI=1S/C13H18N6O/c1-2-6-14-11-16-12(19-8-3-7-15-19)18-13(17-11)20-9-10-4-5-10/h3,7-8,10H,2,4-6,9H2,1H3,(H,14,16,17,18). The fourth-order valence-electron chi connectivity index (χ4n) is 1.69. The van der Waals surface area contributed by atoms with E-state index in [1.54, 1.807) is 17.1 Å². The van der Waals surface area contributed by atoms with E-state index in [9.17, 15) is 0 Å². The number of rotatable bonds is 7. The molecule has 0 amide bonds. The molecule has 2 aromatic heterocycles. The van der Waals surface area contributed by atoms with Crippen LogP contribution in [0.3, 0.4) is 0 Å². The van der Waals surface area contributed by atoms with Crippen molar-refractivity contribution in [2.24, 2.45) is 5.92 Å². The maximum Gasteiger partial charge on any atom is 0.323 e. The number of ether oxygens (including phenoxy) is 1. The predicted octanol–water partition coefficient (Wildman–Crippen LogP) is 1.67. The van der Waals surface area contributed by atoms with E-state index in [4.69, 9.17) is 4.74 Å². The molecule has 0 atom stereocenters. The quantitative estimate of drug-likeness (QED) is 0.827. The SMILES string of the molecule is CCCNc1nc(OCC2CC2)nc(-n2cccn2)n1. The van der Waals surface area contributed by atoms with Crippen molar-refractivity contribution < 1.29 is 4.74 Å². The zero-order chi connectivity index (χ0) is 13.8. The summed E-state index contributed by atoms with van der Waals surface area (Å²) < 4.78 is 7.25. The second kappa shape index (κ2) is 5.85. The highest BCUT2D eigenvalue weighted by atomic mass is 16.5. The molecule has 3 rings (SSSR count). The molecular formula is C13H18N6O. The molecule has 1 N–H and O–H groups in total. The third kappa shape index (κ3) is 3.23. The summed E-state index contributed by atoms with van der Waals surface area (Å²) in [5.74, 6) is 1.65. The van der Waals surface area contributed by atoms with E-state index in [1.807, 2.05) is 6.07 Å². The molecular weight excluding hydrogens is 256 g/mol. The van der Waals surface area contributed by atoms with Crippen LogP contribution in [0.15, 0.2) is 18.5 Å². The lowest BCUT2D eigenvalue weighted by Crippen LogP contribution is -2.12. The molecule has 0 unspecified atom stereocenters. The van der Waals surface area contributed by atoms with E-state index in [2.05, 4.69) is 32.3 Å². The van der Waals surface area contributed by atoms with Crippen molar-refractivity contribution in [2.45, 2.75) is 26.2 Å². The Morgan fingerprint density at radius 1 is 1.35 bits per heavy atom. The highest BCUT2D eigenvalue weighted by Gasteiger charge is 2.22. The average molecular weight is 274 g/mol. The highest BCUT2D eigenvalue weighted by molar-refractivity contribution is 5.29. The van der Waals surface area contributed by atoms with Crippen LogP contribution >= 0.6 is 0 Å². The van der Waals surface area contributed by atoms with Crippen LogP contribution in [0.2, 0.25) is 0 Å². The maximum absolute atomic E-state index is 5.65.